The molecule has 28 heavy (non-hydrogen) atoms. The molecule has 3 aromatic carbocycles. The molecule has 0 bridgehead atoms. The lowest BCUT2D eigenvalue weighted by Crippen LogP contribution is -2.46. The Morgan fingerprint density at radius 3 is 2.50 bits per heavy atom. The van der Waals surface area contributed by atoms with Gasteiger partial charge in [0.25, 0.3) is 0 Å². The van der Waals surface area contributed by atoms with Crippen molar-refractivity contribution < 1.29 is 9.59 Å². The van der Waals surface area contributed by atoms with E-state index < -0.39 is 0 Å². The molecule has 1 saturated heterocycles. The molecule has 0 aromatic heterocycles. The number of hydrogen-bond donors (Lipinski definition) is 1. The van der Waals surface area contributed by atoms with E-state index >= 15 is 0 Å². The van der Waals surface area contributed by atoms with Crippen molar-refractivity contribution in [2.75, 3.05) is 13.1 Å². The smallest absolute Gasteiger partial charge is 0.317 e. The zero-order chi connectivity index (χ0) is 19.3. The van der Waals surface area contributed by atoms with Crippen LogP contribution in [0.15, 0.2) is 72.8 Å². The van der Waals surface area contributed by atoms with E-state index in [1.54, 1.807) is 4.90 Å². The van der Waals surface area contributed by atoms with Crippen molar-refractivity contribution in [3.05, 3.63) is 83.9 Å². The van der Waals surface area contributed by atoms with Crippen LogP contribution in [0.5, 0.6) is 0 Å². The predicted molar refractivity (Wildman–Crippen MR) is 111 cm³/mol. The second-order valence-electron chi connectivity index (χ2n) is 7.36. The maximum Gasteiger partial charge on any atom is 0.317 e. The first-order chi connectivity index (χ1) is 13.7. The van der Waals surface area contributed by atoms with Crippen LogP contribution in [-0.2, 0) is 6.54 Å². The van der Waals surface area contributed by atoms with Crippen molar-refractivity contribution >= 4 is 22.6 Å². The summed E-state index contributed by atoms with van der Waals surface area (Å²) in [5, 5.41) is 5.17. The topological polar surface area (TPSA) is 49.4 Å². The summed E-state index contributed by atoms with van der Waals surface area (Å²) in [7, 11) is 0. The van der Waals surface area contributed by atoms with Crippen LogP contribution < -0.4 is 5.32 Å². The summed E-state index contributed by atoms with van der Waals surface area (Å²) in [5.41, 5.74) is 1.80. The zero-order valence-corrected chi connectivity index (χ0v) is 15.8. The number of Topliss-reactive ketones (excluding diaryl/α,β-unsaturated/α-hetero) is 1. The Bertz CT molecular complexity index is 984. The van der Waals surface area contributed by atoms with Crippen molar-refractivity contribution in [3.8, 4) is 0 Å². The number of amides is 2. The van der Waals surface area contributed by atoms with Gasteiger partial charge in [0.15, 0.2) is 5.78 Å². The molecule has 0 spiro atoms. The minimum atomic E-state index is -0.141. The Morgan fingerprint density at radius 1 is 0.929 bits per heavy atom. The first kappa shape index (κ1) is 18.2. The molecular formula is C24H24N2O2. The largest absolute Gasteiger partial charge is 0.334 e. The molecule has 2 amide bonds. The molecule has 0 aliphatic carbocycles. The fourth-order valence-corrected chi connectivity index (χ4v) is 3.84. The number of ketones is 1. The SMILES string of the molecule is O=C(c1ccc2ccccc2c1)[C@@H]1CCCN(C(=O)NCc2ccccc2)C1. The van der Waals surface area contributed by atoms with Crippen molar-refractivity contribution in [3.63, 3.8) is 0 Å². The third kappa shape index (κ3) is 4.06. The molecule has 1 fully saturated rings. The molecule has 1 atom stereocenters. The number of likely N-dealkylation sites (tertiary alicyclic amines) is 1. The minimum Gasteiger partial charge on any atom is -0.334 e. The van der Waals surface area contributed by atoms with Crippen molar-refractivity contribution in [1.29, 1.82) is 0 Å². The van der Waals surface area contributed by atoms with Gasteiger partial charge in [-0.25, -0.2) is 4.79 Å². The standard InChI is InChI=1S/C24H24N2O2/c27-23(21-13-12-19-9-4-5-10-20(19)15-21)22-11-6-14-26(17-22)24(28)25-16-18-7-2-1-3-8-18/h1-5,7-10,12-13,15,22H,6,11,14,16-17H2,(H,25,28)/t22-/m1/s1. The molecule has 1 aliphatic heterocycles. The van der Waals surface area contributed by atoms with E-state index in [4.69, 9.17) is 0 Å². The summed E-state index contributed by atoms with van der Waals surface area (Å²) in [5.74, 6) is -0.0105. The summed E-state index contributed by atoms with van der Waals surface area (Å²) in [6.45, 7) is 1.67. The van der Waals surface area contributed by atoms with E-state index in [0.29, 0.717) is 19.6 Å². The van der Waals surface area contributed by atoms with E-state index in [1.165, 1.54) is 0 Å². The first-order valence-electron chi connectivity index (χ1n) is 9.80. The number of carbonyl (C=O) groups excluding carboxylic acids is 2. The van der Waals surface area contributed by atoms with Gasteiger partial charge in [-0.1, -0.05) is 66.7 Å². The van der Waals surface area contributed by atoms with Crippen LogP contribution in [0.2, 0.25) is 0 Å². The summed E-state index contributed by atoms with van der Waals surface area (Å²) < 4.78 is 0. The fraction of sp³-hybridized carbons (Fsp3) is 0.250. The quantitative estimate of drug-likeness (QED) is 0.678. The van der Waals surface area contributed by atoms with Gasteiger partial charge in [-0.3, -0.25) is 4.79 Å². The number of hydrogen-bond acceptors (Lipinski definition) is 2. The fourth-order valence-electron chi connectivity index (χ4n) is 3.84. The van der Waals surface area contributed by atoms with Crippen LogP contribution in [0.25, 0.3) is 10.8 Å². The molecule has 1 N–H and O–H groups in total. The predicted octanol–water partition coefficient (Wildman–Crippen LogP) is 4.64. The number of carbonyl (C=O) groups is 2. The van der Waals surface area contributed by atoms with E-state index in [0.717, 1.165) is 34.7 Å². The lowest BCUT2D eigenvalue weighted by molar-refractivity contribution is 0.0845. The van der Waals surface area contributed by atoms with Crippen molar-refractivity contribution in [1.82, 2.24) is 10.2 Å². The normalized spacial score (nSPS) is 16.7. The van der Waals surface area contributed by atoms with Gasteiger partial charge in [-0.2, -0.15) is 0 Å². The molecule has 3 aromatic rings. The van der Waals surface area contributed by atoms with Gasteiger partial charge in [0.2, 0.25) is 0 Å². The Morgan fingerprint density at radius 2 is 1.68 bits per heavy atom. The molecule has 142 valence electrons. The molecule has 1 aliphatic rings. The van der Waals surface area contributed by atoms with Gasteiger partial charge in [0.1, 0.15) is 0 Å². The summed E-state index contributed by atoms with van der Waals surface area (Å²) in [4.78, 5) is 27.4. The van der Waals surface area contributed by atoms with E-state index in [9.17, 15) is 9.59 Å². The number of nitrogens with one attached hydrogen (secondary N) is 1. The maximum atomic E-state index is 13.0. The second kappa shape index (κ2) is 8.26. The van der Waals surface area contributed by atoms with Crippen LogP contribution in [0.4, 0.5) is 4.79 Å². The Labute approximate surface area is 165 Å². The highest BCUT2D eigenvalue weighted by molar-refractivity contribution is 6.01. The molecular weight excluding hydrogens is 348 g/mol. The van der Waals surface area contributed by atoms with Gasteiger partial charge < -0.3 is 10.2 Å². The highest BCUT2D eigenvalue weighted by atomic mass is 16.2. The third-order valence-corrected chi connectivity index (χ3v) is 5.40. The van der Waals surface area contributed by atoms with Crippen LogP contribution >= 0.6 is 0 Å². The third-order valence-electron chi connectivity index (χ3n) is 5.40. The Balaban J connectivity index is 1.40. The van der Waals surface area contributed by atoms with Gasteiger partial charge in [-0.05, 0) is 35.2 Å². The monoisotopic (exact) mass is 372 g/mol. The number of urea groups is 1. The van der Waals surface area contributed by atoms with Gasteiger partial charge in [-0.15, -0.1) is 0 Å². The summed E-state index contributed by atoms with van der Waals surface area (Å²) in [6, 6.07) is 23.7. The molecule has 0 radical (unpaired) electrons. The van der Waals surface area contributed by atoms with E-state index in [-0.39, 0.29) is 17.7 Å². The summed E-state index contributed by atoms with van der Waals surface area (Å²) >= 11 is 0. The number of rotatable bonds is 4. The van der Waals surface area contributed by atoms with E-state index in [2.05, 4.69) is 5.32 Å². The molecule has 4 nitrogen and oxygen atoms in total. The number of fused-ring (bicyclic) bond motifs is 1. The number of benzene rings is 3. The Kier molecular flexibility index (Phi) is 5.38. The van der Waals surface area contributed by atoms with Gasteiger partial charge in [0, 0.05) is 31.1 Å². The van der Waals surface area contributed by atoms with Crippen LogP contribution in [0, 0.1) is 5.92 Å². The second-order valence-corrected chi connectivity index (χ2v) is 7.36. The molecule has 1 heterocycles. The van der Waals surface area contributed by atoms with Crippen LogP contribution in [0.3, 0.4) is 0 Å². The highest BCUT2D eigenvalue weighted by Crippen LogP contribution is 2.23. The number of nitrogens with zero attached hydrogens (tertiary/aromatic N) is 1. The first-order valence-corrected chi connectivity index (χ1v) is 9.80. The highest BCUT2D eigenvalue weighted by Gasteiger charge is 2.29. The van der Waals surface area contributed by atoms with Crippen LogP contribution in [0.1, 0.15) is 28.8 Å². The molecule has 0 unspecified atom stereocenters. The van der Waals surface area contributed by atoms with E-state index in [1.807, 2.05) is 72.8 Å². The minimum absolute atomic E-state index is 0.0973. The average Bonchev–Trinajstić information content (AvgIpc) is 2.77. The lowest BCUT2D eigenvalue weighted by atomic mass is 9.89. The van der Waals surface area contributed by atoms with Crippen molar-refractivity contribution in [2.24, 2.45) is 5.92 Å². The average molecular weight is 372 g/mol. The molecule has 4 heteroatoms. The molecule has 4 rings (SSSR count). The Hall–Kier alpha value is -3.14. The lowest BCUT2D eigenvalue weighted by Gasteiger charge is -2.32. The maximum absolute atomic E-state index is 13.0. The van der Waals surface area contributed by atoms with Crippen LogP contribution in [-0.4, -0.2) is 29.8 Å². The molecule has 0 saturated carbocycles. The number of piperidine rings is 1. The van der Waals surface area contributed by atoms with Gasteiger partial charge in [0.05, 0.1) is 0 Å². The summed E-state index contributed by atoms with van der Waals surface area (Å²) in [6.07, 6.45) is 1.68. The zero-order valence-electron chi connectivity index (χ0n) is 15.8. The van der Waals surface area contributed by atoms with Gasteiger partial charge >= 0.3 is 6.03 Å². The van der Waals surface area contributed by atoms with Crippen molar-refractivity contribution in [2.45, 2.75) is 19.4 Å².